The number of nitrogen functional groups attached to an aromatic ring is 1. The van der Waals surface area contributed by atoms with E-state index < -0.39 is 6.10 Å². The zero-order valence-corrected chi connectivity index (χ0v) is 23.3. The Morgan fingerprint density at radius 3 is 2.67 bits per heavy atom. The molecule has 0 saturated carbocycles. The number of hydrogen-bond donors (Lipinski definition) is 4. The van der Waals surface area contributed by atoms with E-state index >= 15 is 0 Å². The fourth-order valence-corrected chi connectivity index (χ4v) is 6.03. The highest BCUT2D eigenvalue weighted by atomic mass is 32.1. The minimum atomic E-state index is -0.777. The van der Waals surface area contributed by atoms with Crippen LogP contribution >= 0.6 is 11.3 Å². The first kappa shape index (κ1) is 27.7. The smallest absolute Gasteiger partial charge is 0.257 e. The van der Waals surface area contributed by atoms with Crippen molar-refractivity contribution in [3.8, 4) is 0 Å². The number of benzene rings is 1. The molecule has 1 amide bonds. The molecule has 9 nitrogen and oxygen atoms in total. The molecule has 3 aromatic heterocycles. The van der Waals surface area contributed by atoms with Gasteiger partial charge in [-0.15, -0.1) is 11.3 Å². The summed E-state index contributed by atoms with van der Waals surface area (Å²) >= 11 is 1.36. The third-order valence-corrected chi connectivity index (χ3v) is 8.29. The highest BCUT2D eigenvalue weighted by Crippen LogP contribution is 2.37. The molecule has 1 saturated heterocycles. The number of carbonyl (C=O) groups is 2. The molecule has 40 heavy (non-hydrogen) atoms. The Labute approximate surface area is 237 Å². The molecular formula is C30H34N6O3S. The van der Waals surface area contributed by atoms with Crippen molar-refractivity contribution in [3.63, 3.8) is 0 Å². The van der Waals surface area contributed by atoms with Crippen molar-refractivity contribution < 1.29 is 14.7 Å². The van der Waals surface area contributed by atoms with Gasteiger partial charge in [-0.05, 0) is 55.2 Å². The van der Waals surface area contributed by atoms with E-state index in [1.54, 1.807) is 12.1 Å². The highest BCUT2D eigenvalue weighted by molar-refractivity contribution is 7.20. The Kier molecular flexibility index (Phi) is 8.69. The normalized spacial score (nSPS) is 14.8. The molecule has 5 rings (SSSR count). The van der Waals surface area contributed by atoms with Crippen molar-refractivity contribution >= 4 is 50.9 Å². The molecule has 4 heterocycles. The number of pyridine rings is 2. The summed E-state index contributed by atoms with van der Waals surface area (Å²) in [6.07, 6.45) is 5.22. The number of para-hydroxylation sites is 1. The summed E-state index contributed by atoms with van der Waals surface area (Å²) < 4.78 is 0. The van der Waals surface area contributed by atoms with Gasteiger partial charge in [-0.25, -0.2) is 4.98 Å². The maximum atomic E-state index is 12.4. The standard InChI is InChI=1S/C30H34N6O3S/c1-2-6-19-15-26(35-30-27(19)28(31)25(18-37)40-30)36-13-11-21(12-14-36)32-17-24(38)23-10-9-20(16-33-23)29(39)34-22-7-4-3-5-8-22/h3-5,7-10,15-16,18,21,24,32,38H,2,6,11-14,17,31H2,1H3,(H,34,39). The Hall–Kier alpha value is -3.86. The van der Waals surface area contributed by atoms with Gasteiger partial charge in [0.1, 0.15) is 16.8 Å². The van der Waals surface area contributed by atoms with Crippen LogP contribution in [0.15, 0.2) is 54.7 Å². The van der Waals surface area contributed by atoms with Crippen molar-refractivity contribution in [1.82, 2.24) is 15.3 Å². The molecule has 1 aliphatic rings. The van der Waals surface area contributed by atoms with Crippen LogP contribution in [0.4, 0.5) is 17.2 Å². The number of aromatic nitrogens is 2. The fourth-order valence-electron chi connectivity index (χ4n) is 5.08. The van der Waals surface area contributed by atoms with Crippen LogP contribution in [-0.2, 0) is 6.42 Å². The largest absolute Gasteiger partial charge is 0.397 e. The number of thiophene rings is 1. The second-order valence-corrected chi connectivity index (χ2v) is 11.1. The van der Waals surface area contributed by atoms with Gasteiger partial charge in [0.2, 0.25) is 0 Å². The van der Waals surface area contributed by atoms with Crippen LogP contribution in [0.1, 0.15) is 63.6 Å². The van der Waals surface area contributed by atoms with E-state index in [0.717, 1.165) is 66.7 Å². The molecule has 4 aromatic rings. The molecule has 0 aliphatic carbocycles. The number of fused-ring (bicyclic) bond motifs is 1. The minimum Gasteiger partial charge on any atom is -0.397 e. The molecular weight excluding hydrogens is 524 g/mol. The first-order valence-corrected chi connectivity index (χ1v) is 14.4. The van der Waals surface area contributed by atoms with Crippen LogP contribution < -0.4 is 21.3 Å². The number of nitrogens with one attached hydrogen (secondary N) is 2. The SMILES string of the molecule is CCCc1cc(N2CCC(NCC(O)c3ccc(C(=O)Nc4ccccc4)cn3)CC2)nc2sc(C=O)c(N)c12. The van der Waals surface area contributed by atoms with Gasteiger partial charge in [0.15, 0.2) is 6.29 Å². The number of aliphatic hydroxyl groups is 1. The fraction of sp³-hybridized carbons (Fsp3) is 0.333. The number of amides is 1. The monoisotopic (exact) mass is 558 g/mol. The summed E-state index contributed by atoms with van der Waals surface area (Å²) in [6, 6.07) is 15.0. The molecule has 1 aromatic carbocycles. The summed E-state index contributed by atoms with van der Waals surface area (Å²) in [5.74, 6) is 0.681. The lowest BCUT2D eigenvalue weighted by Crippen LogP contribution is -2.44. The van der Waals surface area contributed by atoms with Crippen molar-refractivity contribution in [2.45, 2.75) is 44.8 Å². The van der Waals surface area contributed by atoms with Crippen LogP contribution in [0.3, 0.4) is 0 Å². The van der Waals surface area contributed by atoms with Crippen LogP contribution in [0, 0.1) is 0 Å². The Morgan fingerprint density at radius 1 is 1.23 bits per heavy atom. The maximum absolute atomic E-state index is 12.4. The van der Waals surface area contributed by atoms with Gasteiger partial charge >= 0.3 is 0 Å². The van der Waals surface area contributed by atoms with Gasteiger partial charge in [-0.1, -0.05) is 31.5 Å². The zero-order chi connectivity index (χ0) is 28.1. The molecule has 208 valence electrons. The number of aliphatic hydroxyl groups excluding tert-OH is 1. The van der Waals surface area contributed by atoms with E-state index in [0.29, 0.717) is 34.1 Å². The number of aldehydes is 1. The van der Waals surface area contributed by atoms with Crippen molar-refractivity contribution in [3.05, 3.63) is 76.4 Å². The number of anilines is 3. The summed E-state index contributed by atoms with van der Waals surface area (Å²) in [7, 11) is 0. The highest BCUT2D eigenvalue weighted by Gasteiger charge is 2.23. The van der Waals surface area contributed by atoms with Crippen LogP contribution in [0.25, 0.3) is 10.2 Å². The Balaban J connectivity index is 1.14. The minimum absolute atomic E-state index is 0.244. The van der Waals surface area contributed by atoms with Gasteiger partial charge in [-0.3, -0.25) is 14.6 Å². The predicted octanol–water partition coefficient (Wildman–Crippen LogP) is 4.58. The van der Waals surface area contributed by atoms with Crippen LogP contribution in [0.5, 0.6) is 0 Å². The first-order chi connectivity index (χ1) is 19.5. The molecule has 1 unspecified atom stereocenters. The van der Waals surface area contributed by atoms with E-state index in [2.05, 4.69) is 33.5 Å². The summed E-state index contributed by atoms with van der Waals surface area (Å²) in [5.41, 5.74) is 9.60. The maximum Gasteiger partial charge on any atom is 0.257 e. The molecule has 1 aliphatic heterocycles. The number of nitrogens with two attached hydrogens (primary N) is 1. The third-order valence-electron chi connectivity index (χ3n) is 7.26. The Bertz CT molecular complexity index is 1470. The van der Waals surface area contributed by atoms with E-state index in [4.69, 9.17) is 10.7 Å². The molecule has 5 N–H and O–H groups in total. The van der Waals surface area contributed by atoms with Crippen LogP contribution in [-0.4, -0.2) is 52.9 Å². The second kappa shape index (κ2) is 12.5. The summed E-state index contributed by atoms with van der Waals surface area (Å²) in [4.78, 5) is 36.7. The van der Waals surface area contributed by atoms with E-state index in [-0.39, 0.29) is 11.9 Å². The van der Waals surface area contributed by atoms with Crippen LogP contribution in [0.2, 0.25) is 0 Å². The van der Waals surface area contributed by atoms with Gasteiger partial charge in [0.05, 0.1) is 21.8 Å². The lowest BCUT2D eigenvalue weighted by Gasteiger charge is -2.34. The molecule has 1 atom stereocenters. The molecule has 0 spiro atoms. The summed E-state index contributed by atoms with van der Waals surface area (Å²) in [5, 5.41) is 17.9. The first-order valence-electron chi connectivity index (χ1n) is 13.6. The number of nitrogens with zero attached hydrogens (tertiary/aromatic N) is 3. The molecule has 0 bridgehead atoms. The lowest BCUT2D eigenvalue weighted by molar-refractivity contribution is 0.102. The number of rotatable bonds is 10. The van der Waals surface area contributed by atoms with Crippen molar-refractivity contribution in [2.75, 3.05) is 35.6 Å². The van der Waals surface area contributed by atoms with Gasteiger partial charge in [0.25, 0.3) is 5.91 Å². The summed E-state index contributed by atoms with van der Waals surface area (Å²) in [6.45, 7) is 4.18. The average Bonchev–Trinajstić information content (AvgIpc) is 3.32. The van der Waals surface area contributed by atoms with E-state index in [1.165, 1.54) is 17.5 Å². The van der Waals surface area contributed by atoms with Gasteiger partial charge in [-0.2, -0.15) is 0 Å². The van der Waals surface area contributed by atoms with E-state index in [9.17, 15) is 14.7 Å². The topological polar surface area (TPSA) is 133 Å². The quantitative estimate of drug-likeness (QED) is 0.208. The number of hydrogen-bond acceptors (Lipinski definition) is 9. The third kappa shape index (κ3) is 6.14. The predicted molar refractivity (Wildman–Crippen MR) is 160 cm³/mol. The lowest BCUT2D eigenvalue weighted by atomic mass is 10.0. The Morgan fingerprint density at radius 2 is 2.00 bits per heavy atom. The molecule has 1 fully saturated rings. The van der Waals surface area contributed by atoms with Crippen molar-refractivity contribution in [1.29, 1.82) is 0 Å². The number of piperidine rings is 1. The van der Waals surface area contributed by atoms with Gasteiger partial charge < -0.3 is 26.4 Å². The second-order valence-electron chi connectivity index (χ2n) is 10.0. The van der Waals surface area contributed by atoms with Gasteiger partial charge in [0, 0.05) is 42.9 Å². The van der Waals surface area contributed by atoms with E-state index in [1.807, 2.05) is 30.3 Å². The molecule has 0 radical (unpaired) electrons. The molecule has 10 heteroatoms. The number of carbonyl (C=O) groups excluding carboxylic acids is 2. The zero-order valence-electron chi connectivity index (χ0n) is 22.5. The average molecular weight is 559 g/mol. The van der Waals surface area contributed by atoms with Crippen molar-refractivity contribution in [2.24, 2.45) is 0 Å². The number of aryl methyl sites for hydroxylation is 1.